The van der Waals surface area contributed by atoms with Gasteiger partial charge in [-0.2, -0.15) is 0 Å². The highest BCUT2D eigenvalue weighted by Crippen LogP contribution is 2.10. The van der Waals surface area contributed by atoms with E-state index in [9.17, 15) is 8.42 Å². The number of hydrogen-bond acceptors (Lipinski definition) is 5. The number of benzene rings is 1. The van der Waals surface area contributed by atoms with E-state index in [4.69, 9.17) is 0 Å². The molecule has 1 heterocycles. The van der Waals surface area contributed by atoms with Crippen LogP contribution in [0.15, 0.2) is 42.5 Å². The van der Waals surface area contributed by atoms with E-state index in [2.05, 4.69) is 27.2 Å². The number of sulfonamides is 1. The molecule has 0 saturated carbocycles. The second kappa shape index (κ2) is 8.47. The van der Waals surface area contributed by atoms with Gasteiger partial charge in [-0.05, 0) is 37.0 Å². The van der Waals surface area contributed by atoms with Crippen molar-refractivity contribution in [1.29, 1.82) is 0 Å². The van der Waals surface area contributed by atoms with E-state index in [1.807, 2.05) is 30.3 Å². The molecule has 0 unspecified atom stereocenters. The van der Waals surface area contributed by atoms with E-state index in [0.717, 1.165) is 24.9 Å². The monoisotopic (exact) mass is 334 g/mol. The Morgan fingerprint density at radius 3 is 2.35 bits per heavy atom. The molecule has 0 aliphatic heterocycles. The van der Waals surface area contributed by atoms with Crippen LogP contribution in [-0.2, 0) is 16.4 Å². The summed E-state index contributed by atoms with van der Waals surface area (Å²) < 4.78 is 26.6. The van der Waals surface area contributed by atoms with Crippen LogP contribution in [0, 0.1) is 0 Å². The summed E-state index contributed by atoms with van der Waals surface area (Å²) in [6.07, 6.45) is 2.27. The largest absolute Gasteiger partial charge is 0.369 e. The zero-order valence-electron chi connectivity index (χ0n) is 13.2. The fraction of sp³-hybridized carbons (Fsp3) is 0.375. The van der Waals surface area contributed by atoms with Crippen LogP contribution in [0.3, 0.4) is 0 Å². The molecule has 2 N–H and O–H groups in total. The molecule has 0 bridgehead atoms. The Morgan fingerprint density at radius 1 is 1.00 bits per heavy atom. The highest BCUT2D eigenvalue weighted by Gasteiger charge is 2.11. The molecule has 0 amide bonds. The first-order valence-electron chi connectivity index (χ1n) is 7.71. The van der Waals surface area contributed by atoms with Gasteiger partial charge in [0.2, 0.25) is 10.0 Å². The summed E-state index contributed by atoms with van der Waals surface area (Å²) in [5.41, 5.74) is 1.13. The van der Waals surface area contributed by atoms with Gasteiger partial charge in [-0.15, -0.1) is 10.2 Å². The Labute approximate surface area is 137 Å². The van der Waals surface area contributed by atoms with Crippen LogP contribution < -0.4 is 10.0 Å². The third-order valence-corrected chi connectivity index (χ3v) is 4.55. The van der Waals surface area contributed by atoms with E-state index >= 15 is 0 Å². The predicted molar refractivity (Wildman–Crippen MR) is 93.0 cm³/mol. The second-order valence-corrected chi connectivity index (χ2v) is 7.08. The minimum absolute atomic E-state index is 0.0550. The molecule has 7 heteroatoms. The summed E-state index contributed by atoms with van der Waals surface area (Å²) in [4.78, 5) is 0. The Bertz CT molecular complexity index is 688. The quantitative estimate of drug-likeness (QED) is 0.736. The standard InChI is InChI=1S/C16H22N4O2S/c1-2-12-17-15-10-11-16(19-18-15)20-23(21,22)13-6-9-14-7-4-3-5-8-14/h3-5,7-8,10-11H,2,6,9,12-13H2,1H3,(H,17,18)(H,19,20). The average Bonchev–Trinajstić information content (AvgIpc) is 2.55. The van der Waals surface area contributed by atoms with Crippen molar-refractivity contribution in [2.24, 2.45) is 0 Å². The van der Waals surface area contributed by atoms with Crippen LogP contribution in [-0.4, -0.2) is 30.9 Å². The number of aromatic nitrogens is 2. The molecule has 23 heavy (non-hydrogen) atoms. The first-order chi connectivity index (χ1) is 11.1. The maximum absolute atomic E-state index is 12.1. The van der Waals surface area contributed by atoms with Gasteiger partial charge in [0.25, 0.3) is 0 Å². The molecular formula is C16H22N4O2S. The highest BCUT2D eigenvalue weighted by atomic mass is 32.2. The molecule has 0 atom stereocenters. The SMILES string of the molecule is CCCNc1ccc(NS(=O)(=O)CCCc2ccccc2)nn1. The summed E-state index contributed by atoms with van der Waals surface area (Å²) >= 11 is 0. The third kappa shape index (κ3) is 6.23. The van der Waals surface area contributed by atoms with E-state index in [0.29, 0.717) is 12.2 Å². The molecule has 2 aromatic rings. The molecule has 0 spiro atoms. The van der Waals surface area contributed by atoms with Gasteiger partial charge in [-0.25, -0.2) is 8.42 Å². The van der Waals surface area contributed by atoms with Crippen molar-refractivity contribution in [3.8, 4) is 0 Å². The van der Waals surface area contributed by atoms with Crippen molar-refractivity contribution in [2.75, 3.05) is 22.3 Å². The van der Waals surface area contributed by atoms with Crippen LogP contribution >= 0.6 is 0 Å². The molecule has 6 nitrogen and oxygen atoms in total. The third-order valence-electron chi connectivity index (χ3n) is 3.20. The van der Waals surface area contributed by atoms with Crippen molar-refractivity contribution in [1.82, 2.24) is 10.2 Å². The fourth-order valence-corrected chi connectivity index (χ4v) is 3.11. The molecule has 0 saturated heterocycles. The molecule has 124 valence electrons. The zero-order chi connectivity index (χ0) is 16.5. The van der Waals surface area contributed by atoms with Gasteiger partial charge in [0, 0.05) is 6.54 Å². The number of aryl methyl sites for hydroxylation is 1. The first kappa shape index (κ1) is 17.2. The van der Waals surface area contributed by atoms with E-state index in [1.54, 1.807) is 12.1 Å². The molecular weight excluding hydrogens is 312 g/mol. The van der Waals surface area contributed by atoms with Crippen LogP contribution in [0.25, 0.3) is 0 Å². The van der Waals surface area contributed by atoms with Crippen molar-refractivity contribution in [3.05, 3.63) is 48.0 Å². The molecule has 0 radical (unpaired) electrons. The first-order valence-corrected chi connectivity index (χ1v) is 9.36. The molecule has 2 rings (SSSR count). The van der Waals surface area contributed by atoms with Gasteiger partial charge in [-0.1, -0.05) is 37.3 Å². The summed E-state index contributed by atoms with van der Waals surface area (Å²) in [5.74, 6) is 0.935. The van der Waals surface area contributed by atoms with Crippen molar-refractivity contribution < 1.29 is 8.42 Å². The van der Waals surface area contributed by atoms with Gasteiger partial charge in [-0.3, -0.25) is 4.72 Å². The van der Waals surface area contributed by atoms with Crippen LogP contribution in [0.4, 0.5) is 11.6 Å². The van der Waals surface area contributed by atoms with Gasteiger partial charge in [0.1, 0.15) is 5.82 Å². The highest BCUT2D eigenvalue weighted by molar-refractivity contribution is 7.92. The Balaban J connectivity index is 1.83. The Morgan fingerprint density at radius 2 is 1.70 bits per heavy atom. The summed E-state index contributed by atoms with van der Waals surface area (Å²) in [5, 5.41) is 10.9. The van der Waals surface area contributed by atoms with E-state index in [1.165, 1.54) is 0 Å². The lowest BCUT2D eigenvalue weighted by Gasteiger charge is -2.08. The average molecular weight is 334 g/mol. The summed E-state index contributed by atoms with van der Waals surface area (Å²) in [6.45, 7) is 2.86. The number of hydrogen-bond donors (Lipinski definition) is 2. The van der Waals surface area contributed by atoms with E-state index < -0.39 is 10.0 Å². The van der Waals surface area contributed by atoms with Crippen molar-refractivity contribution in [2.45, 2.75) is 26.2 Å². The van der Waals surface area contributed by atoms with Gasteiger partial charge in [0.05, 0.1) is 5.75 Å². The maximum Gasteiger partial charge on any atom is 0.233 e. The molecule has 1 aromatic carbocycles. The van der Waals surface area contributed by atoms with E-state index in [-0.39, 0.29) is 11.6 Å². The normalized spacial score (nSPS) is 11.2. The fourth-order valence-electron chi connectivity index (χ4n) is 2.06. The number of rotatable bonds is 9. The lowest BCUT2D eigenvalue weighted by molar-refractivity contribution is 0.598. The molecule has 0 aliphatic rings. The number of anilines is 2. The lowest BCUT2D eigenvalue weighted by atomic mass is 10.1. The lowest BCUT2D eigenvalue weighted by Crippen LogP contribution is -2.18. The van der Waals surface area contributed by atoms with Crippen molar-refractivity contribution >= 4 is 21.7 Å². The summed E-state index contributed by atoms with van der Waals surface area (Å²) in [7, 11) is -3.41. The molecule has 1 aromatic heterocycles. The smallest absolute Gasteiger partial charge is 0.233 e. The summed E-state index contributed by atoms with van der Waals surface area (Å²) in [6, 6.07) is 13.2. The molecule has 0 aliphatic carbocycles. The van der Waals surface area contributed by atoms with Crippen LogP contribution in [0.5, 0.6) is 0 Å². The predicted octanol–water partition coefficient (Wildman–Crippen LogP) is 2.67. The van der Waals surface area contributed by atoms with Crippen LogP contribution in [0.1, 0.15) is 25.3 Å². The molecule has 0 fully saturated rings. The number of nitrogens with one attached hydrogen (secondary N) is 2. The topological polar surface area (TPSA) is 84.0 Å². The van der Waals surface area contributed by atoms with Crippen molar-refractivity contribution in [3.63, 3.8) is 0 Å². The van der Waals surface area contributed by atoms with Gasteiger partial charge >= 0.3 is 0 Å². The minimum Gasteiger partial charge on any atom is -0.369 e. The van der Waals surface area contributed by atoms with Gasteiger partial charge in [0.15, 0.2) is 5.82 Å². The Kier molecular flexibility index (Phi) is 6.34. The number of nitrogens with zero attached hydrogens (tertiary/aromatic N) is 2. The minimum atomic E-state index is -3.41. The zero-order valence-corrected chi connectivity index (χ0v) is 14.0. The maximum atomic E-state index is 12.1. The van der Waals surface area contributed by atoms with Gasteiger partial charge < -0.3 is 5.32 Å². The Hall–Kier alpha value is -2.15. The second-order valence-electron chi connectivity index (χ2n) is 5.24. The van der Waals surface area contributed by atoms with Crippen LogP contribution in [0.2, 0.25) is 0 Å².